The van der Waals surface area contributed by atoms with E-state index >= 15 is 0 Å². The van der Waals surface area contributed by atoms with Crippen LogP contribution in [0.5, 0.6) is 11.5 Å². The summed E-state index contributed by atoms with van der Waals surface area (Å²) in [7, 11) is 3.35. The second-order valence-electron chi connectivity index (χ2n) is 6.94. The van der Waals surface area contributed by atoms with Gasteiger partial charge >= 0.3 is 0 Å². The van der Waals surface area contributed by atoms with E-state index in [1.807, 2.05) is 30.3 Å². The van der Waals surface area contributed by atoms with Crippen LogP contribution in [-0.2, 0) is 0 Å². The summed E-state index contributed by atoms with van der Waals surface area (Å²) in [6, 6.07) is 30.9. The molecule has 31 heavy (non-hydrogen) atoms. The maximum atomic E-state index is 5.33. The van der Waals surface area contributed by atoms with Crippen LogP contribution in [0.1, 0.15) is 0 Å². The summed E-state index contributed by atoms with van der Waals surface area (Å²) >= 11 is 7.15. The van der Waals surface area contributed by atoms with E-state index in [9.17, 15) is 0 Å². The molecule has 156 valence electrons. The summed E-state index contributed by atoms with van der Waals surface area (Å²) in [5, 5.41) is 0. The van der Waals surface area contributed by atoms with Crippen LogP contribution < -0.4 is 14.4 Å². The minimum atomic E-state index is 0.828. The topological polar surface area (TPSA) is 21.7 Å². The van der Waals surface area contributed by atoms with Gasteiger partial charge in [0.2, 0.25) is 0 Å². The first-order chi connectivity index (χ1) is 15.1. The standard InChI is InChI=1S/C26H21Br2NO2/c1-30-25-11-7-23(8-12-25)29(24-9-13-26(31-2)14-10-24)22-5-3-18(4-6-22)19-15-20(27)17-21(28)16-19/h3-17H,1-2H3. The molecule has 0 aromatic heterocycles. The molecule has 4 aromatic carbocycles. The molecule has 0 saturated heterocycles. The van der Waals surface area contributed by atoms with E-state index in [-0.39, 0.29) is 0 Å². The van der Waals surface area contributed by atoms with Crippen LogP contribution in [0.25, 0.3) is 11.1 Å². The van der Waals surface area contributed by atoms with Crippen molar-refractivity contribution in [3.8, 4) is 22.6 Å². The Balaban J connectivity index is 1.75. The second-order valence-corrected chi connectivity index (χ2v) is 8.77. The molecule has 0 amide bonds. The van der Waals surface area contributed by atoms with Gasteiger partial charge in [0.15, 0.2) is 0 Å². The Labute approximate surface area is 199 Å². The number of ether oxygens (including phenoxy) is 2. The number of benzene rings is 4. The van der Waals surface area contributed by atoms with Crippen LogP contribution in [0, 0.1) is 0 Å². The normalized spacial score (nSPS) is 10.6. The van der Waals surface area contributed by atoms with Gasteiger partial charge < -0.3 is 14.4 Å². The number of anilines is 3. The van der Waals surface area contributed by atoms with Gasteiger partial charge in [-0.25, -0.2) is 0 Å². The predicted molar refractivity (Wildman–Crippen MR) is 135 cm³/mol. The first-order valence-corrected chi connectivity index (χ1v) is 11.3. The molecule has 0 heterocycles. The lowest BCUT2D eigenvalue weighted by Crippen LogP contribution is -2.09. The molecule has 4 rings (SSSR count). The van der Waals surface area contributed by atoms with Gasteiger partial charge in [-0.15, -0.1) is 0 Å². The van der Waals surface area contributed by atoms with Gasteiger partial charge in [0.05, 0.1) is 14.2 Å². The fourth-order valence-electron chi connectivity index (χ4n) is 3.43. The van der Waals surface area contributed by atoms with Crippen LogP contribution >= 0.6 is 31.9 Å². The van der Waals surface area contributed by atoms with E-state index < -0.39 is 0 Å². The lowest BCUT2D eigenvalue weighted by atomic mass is 10.0. The number of nitrogens with zero attached hydrogens (tertiary/aromatic N) is 1. The van der Waals surface area contributed by atoms with Crippen molar-refractivity contribution in [3.63, 3.8) is 0 Å². The molecule has 0 N–H and O–H groups in total. The van der Waals surface area contributed by atoms with Gasteiger partial charge in [-0.05, 0) is 90.0 Å². The summed E-state index contributed by atoms with van der Waals surface area (Å²) in [5.74, 6) is 1.66. The molecule has 0 spiro atoms. The molecule has 0 aliphatic heterocycles. The third-order valence-electron chi connectivity index (χ3n) is 4.98. The van der Waals surface area contributed by atoms with E-state index in [1.54, 1.807) is 14.2 Å². The highest BCUT2D eigenvalue weighted by atomic mass is 79.9. The number of methoxy groups -OCH3 is 2. The third-order valence-corrected chi connectivity index (χ3v) is 5.90. The molecule has 0 aliphatic carbocycles. The minimum absolute atomic E-state index is 0.828. The summed E-state index contributed by atoms with van der Waals surface area (Å²) < 4.78 is 12.7. The van der Waals surface area contributed by atoms with Crippen molar-refractivity contribution < 1.29 is 9.47 Å². The predicted octanol–water partition coefficient (Wildman–Crippen LogP) is 8.37. The molecule has 5 heteroatoms. The van der Waals surface area contributed by atoms with Gasteiger partial charge in [-0.2, -0.15) is 0 Å². The minimum Gasteiger partial charge on any atom is -0.497 e. The first kappa shape index (κ1) is 21.5. The SMILES string of the molecule is COc1ccc(N(c2ccc(OC)cc2)c2ccc(-c3cc(Br)cc(Br)c3)cc2)cc1. The average molecular weight is 539 g/mol. The Morgan fingerprint density at radius 3 is 1.29 bits per heavy atom. The lowest BCUT2D eigenvalue weighted by molar-refractivity contribution is 0.415. The van der Waals surface area contributed by atoms with Gasteiger partial charge in [0.1, 0.15) is 11.5 Å². The maximum absolute atomic E-state index is 5.33. The molecular weight excluding hydrogens is 518 g/mol. The van der Waals surface area contributed by atoms with Gasteiger partial charge in [0, 0.05) is 26.0 Å². The van der Waals surface area contributed by atoms with E-state index in [0.717, 1.165) is 48.6 Å². The summed E-state index contributed by atoms with van der Waals surface area (Å²) in [6.07, 6.45) is 0. The fraction of sp³-hybridized carbons (Fsp3) is 0.0769. The Morgan fingerprint density at radius 1 is 0.516 bits per heavy atom. The van der Waals surface area contributed by atoms with Crippen molar-refractivity contribution >= 4 is 48.9 Å². The van der Waals surface area contributed by atoms with Crippen molar-refractivity contribution in [1.82, 2.24) is 0 Å². The highest BCUT2D eigenvalue weighted by Crippen LogP contribution is 2.37. The highest BCUT2D eigenvalue weighted by Gasteiger charge is 2.13. The molecule has 4 aromatic rings. The molecule has 3 nitrogen and oxygen atoms in total. The maximum Gasteiger partial charge on any atom is 0.119 e. The van der Waals surface area contributed by atoms with Crippen molar-refractivity contribution in [3.05, 3.63) is 99.9 Å². The van der Waals surface area contributed by atoms with Crippen LogP contribution in [0.4, 0.5) is 17.1 Å². The van der Waals surface area contributed by atoms with E-state index in [4.69, 9.17) is 9.47 Å². The van der Waals surface area contributed by atoms with Crippen molar-refractivity contribution in [2.24, 2.45) is 0 Å². The first-order valence-electron chi connectivity index (χ1n) is 9.72. The van der Waals surface area contributed by atoms with Gasteiger partial charge in [-0.3, -0.25) is 0 Å². The Kier molecular flexibility index (Phi) is 6.64. The van der Waals surface area contributed by atoms with E-state index in [0.29, 0.717) is 0 Å². The Hall–Kier alpha value is -2.76. The zero-order chi connectivity index (χ0) is 21.8. The zero-order valence-electron chi connectivity index (χ0n) is 17.2. The van der Waals surface area contributed by atoms with Crippen LogP contribution in [0.15, 0.2) is 99.9 Å². The molecular formula is C26H21Br2NO2. The van der Waals surface area contributed by atoms with Crippen LogP contribution in [-0.4, -0.2) is 14.2 Å². The van der Waals surface area contributed by atoms with Gasteiger partial charge in [0.25, 0.3) is 0 Å². The summed E-state index contributed by atoms with van der Waals surface area (Å²) in [5.41, 5.74) is 5.45. The largest absolute Gasteiger partial charge is 0.497 e. The van der Waals surface area contributed by atoms with E-state index in [2.05, 4.69) is 97.4 Å². The van der Waals surface area contributed by atoms with Crippen LogP contribution in [0.2, 0.25) is 0 Å². The monoisotopic (exact) mass is 537 g/mol. The summed E-state index contributed by atoms with van der Waals surface area (Å²) in [6.45, 7) is 0. The molecule has 0 aliphatic rings. The highest BCUT2D eigenvalue weighted by molar-refractivity contribution is 9.11. The summed E-state index contributed by atoms with van der Waals surface area (Å²) in [4.78, 5) is 2.21. The smallest absolute Gasteiger partial charge is 0.119 e. The number of halogens is 2. The van der Waals surface area contributed by atoms with Crippen LogP contribution in [0.3, 0.4) is 0 Å². The molecule has 0 atom stereocenters. The van der Waals surface area contributed by atoms with Gasteiger partial charge in [-0.1, -0.05) is 44.0 Å². The second kappa shape index (κ2) is 9.58. The molecule has 0 bridgehead atoms. The average Bonchev–Trinajstić information content (AvgIpc) is 2.80. The fourth-order valence-corrected chi connectivity index (χ4v) is 4.73. The molecule has 0 fully saturated rings. The third kappa shape index (κ3) is 4.94. The lowest BCUT2D eigenvalue weighted by Gasteiger charge is -2.26. The van der Waals surface area contributed by atoms with Crippen molar-refractivity contribution in [1.29, 1.82) is 0 Å². The quantitative estimate of drug-likeness (QED) is 0.246. The Morgan fingerprint density at radius 2 is 0.903 bits per heavy atom. The molecule has 0 unspecified atom stereocenters. The number of hydrogen-bond acceptors (Lipinski definition) is 3. The number of rotatable bonds is 6. The van der Waals surface area contributed by atoms with Crippen molar-refractivity contribution in [2.45, 2.75) is 0 Å². The zero-order valence-corrected chi connectivity index (χ0v) is 20.4. The Bertz CT molecular complexity index is 1090. The van der Waals surface area contributed by atoms with E-state index in [1.165, 1.54) is 0 Å². The molecule has 0 radical (unpaired) electrons. The number of hydrogen-bond donors (Lipinski definition) is 0. The molecule has 0 saturated carbocycles. The van der Waals surface area contributed by atoms with Crippen molar-refractivity contribution in [2.75, 3.05) is 19.1 Å².